The van der Waals surface area contributed by atoms with Gasteiger partial charge >= 0.3 is 198 Å². The number of hydrogen-bond donors (Lipinski definition) is 3. The van der Waals surface area contributed by atoms with Gasteiger partial charge in [0.05, 0.1) is 0 Å². The second-order valence-corrected chi connectivity index (χ2v) is 27.9. The first-order valence-corrected chi connectivity index (χ1v) is 25.8. The van der Waals surface area contributed by atoms with E-state index >= 15 is 0 Å². The second kappa shape index (κ2) is 18.7. The Morgan fingerprint density at radius 2 is 1.45 bits per heavy atom. The number of nitrogens with one attached hydrogen (secondary N) is 2. The molecule has 0 saturated heterocycles. The maximum atomic E-state index is 13.9. The van der Waals surface area contributed by atoms with Crippen LogP contribution in [0.1, 0.15) is 89.1 Å². The van der Waals surface area contributed by atoms with Crippen LogP contribution in [0.25, 0.3) is 0 Å². The van der Waals surface area contributed by atoms with Crippen LogP contribution in [0, 0.1) is 5.92 Å². The molecule has 0 aliphatic carbocycles. The summed E-state index contributed by atoms with van der Waals surface area (Å²) in [6, 6.07) is 16.4. The number of amides is 2. The summed E-state index contributed by atoms with van der Waals surface area (Å²) < 4.78 is 34.6. The number of hydroxylamine groups is 1. The Balaban J connectivity index is 1.84. The van der Waals surface area contributed by atoms with Crippen LogP contribution in [0.15, 0.2) is 78.0 Å². The van der Waals surface area contributed by atoms with E-state index in [9.17, 15) is 23.2 Å². The summed E-state index contributed by atoms with van der Waals surface area (Å²) >= 11 is -2.58. The number of sulfonamides is 1. The molecule has 0 radical (unpaired) electrons. The van der Waals surface area contributed by atoms with Gasteiger partial charge in [-0.05, 0) is 17.5 Å². The fourth-order valence-corrected chi connectivity index (χ4v) is 23.9. The first-order valence-electron chi connectivity index (χ1n) is 16.9. The first kappa shape index (κ1) is 38.6. The van der Waals surface area contributed by atoms with Gasteiger partial charge in [-0.3, -0.25) is 15.0 Å². The third-order valence-corrected chi connectivity index (χ3v) is 26.4. The van der Waals surface area contributed by atoms with Gasteiger partial charge in [-0.25, -0.2) is 5.48 Å². The van der Waals surface area contributed by atoms with E-state index in [1.807, 2.05) is 12.1 Å². The quantitative estimate of drug-likeness (QED) is 0.0678. The van der Waals surface area contributed by atoms with E-state index in [0.29, 0.717) is 16.8 Å². The minimum atomic E-state index is -4.23. The van der Waals surface area contributed by atoms with Crippen molar-refractivity contribution in [1.29, 1.82) is 0 Å². The van der Waals surface area contributed by atoms with Crippen molar-refractivity contribution in [2.24, 2.45) is 5.92 Å². The summed E-state index contributed by atoms with van der Waals surface area (Å²) in [5.74, 6) is -1.63. The Hall–Kier alpha value is -2.80. The molecule has 2 aromatic carbocycles. The Kier molecular flexibility index (Phi) is 15.3. The molecule has 2 amide bonds. The van der Waals surface area contributed by atoms with Gasteiger partial charge < -0.3 is 0 Å². The maximum absolute atomic E-state index is 13.9. The van der Waals surface area contributed by atoms with Gasteiger partial charge in [0.25, 0.3) is 5.91 Å². The van der Waals surface area contributed by atoms with Gasteiger partial charge in [0, 0.05) is 18.9 Å². The number of rotatable bonds is 19. The van der Waals surface area contributed by atoms with Crippen LogP contribution in [0.2, 0.25) is 13.3 Å². The fraction of sp³-hybridized carbons (Fsp3) is 0.472. The van der Waals surface area contributed by atoms with Crippen molar-refractivity contribution in [1.82, 2.24) is 14.8 Å². The fourth-order valence-electron chi connectivity index (χ4n) is 6.21. The first-order chi connectivity index (χ1) is 22.5. The topological polar surface area (TPSA) is 129 Å². The SMILES string of the molecule is CCC[CH2][Sn]([CH2]CCC)([CH2]CCC)[c]1ccc(NC(=O)c2ccc(S(=O)(=O)N(Cc3cccnc3)[C@@H](C(=O)NO)C(C)C)cc2)cc1. The molecular weight excluding hydrogens is 719 g/mol. The van der Waals surface area contributed by atoms with Crippen LogP contribution < -0.4 is 14.4 Å². The van der Waals surface area contributed by atoms with Crippen LogP contribution in [0.5, 0.6) is 0 Å². The Bertz CT molecular complexity index is 1500. The predicted molar refractivity (Wildman–Crippen MR) is 191 cm³/mol. The number of carbonyl (C=O) groups is 2. The Morgan fingerprint density at radius 3 is 1.91 bits per heavy atom. The summed E-state index contributed by atoms with van der Waals surface area (Å²) in [6.07, 6.45) is 10.6. The molecule has 3 rings (SSSR count). The molecule has 11 heteroatoms. The van der Waals surface area contributed by atoms with Crippen LogP contribution in [0.4, 0.5) is 5.69 Å². The summed E-state index contributed by atoms with van der Waals surface area (Å²) in [5.41, 5.74) is 3.20. The monoisotopic (exact) mass is 772 g/mol. The molecule has 47 heavy (non-hydrogen) atoms. The molecule has 0 bridgehead atoms. The van der Waals surface area contributed by atoms with Crippen molar-refractivity contribution < 1.29 is 23.2 Å². The summed E-state index contributed by atoms with van der Waals surface area (Å²) in [5, 5.41) is 12.4. The number of benzene rings is 2. The van der Waals surface area contributed by atoms with Crippen LogP contribution in [-0.4, -0.2) is 59.1 Å². The molecular formula is C36H52N4O5SSn. The Morgan fingerprint density at radius 1 is 0.872 bits per heavy atom. The van der Waals surface area contributed by atoms with E-state index in [0.717, 1.165) is 4.31 Å². The zero-order chi connectivity index (χ0) is 34.5. The van der Waals surface area contributed by atoms with Gasteiger partial charge in [0.1, 0.15) is 6.04 Å². The standard InChI is InChI=1S/C24H25N4O5S.3C4H9.Sn/c1-17(2)22(24(30)27-31)28(16-18-7-6-14-25-15-18)34(32,33)21-12-10-19(11-13-21)23(29)26-20-8-4-3-5-9-20;3*1-3-4-2;/h4-15,17,22,31H,16H2,1-2H3,(H,26,29)(H,27,30);3*1,3-4H2,2H3;/t22-;;;;/m1..../s1. The minimum absolute atomic E-state index is 0.0752. The van der Waals surface area contributed by atoms with Crippen LogP contribution >= 0.6 is 0 Å². The zero-order valence-electron chi connectivity index (χ0n) is 28.5. The van der Waals surface area contributed by atoms with Crippen molar-refractivity contribution in [3.05, 3.63) is 84.2 Å². The molecule has 1 atom stereocenters. The number of nitrogens with zero attached hydrogens (tertiary/aromatic N) is 2. The van der Waals surface area contributed by atoms with Gasteiger partial charge in [-0.15, -0.1) is 0 Å². The van der Waals surface area contributed by atoms with Crippen molar-refractivity contribution in [3.63, 3.8) is 0 Å². The van der Waals surface area contributed by atoms with Gasteiger partial charge in [0.2, 0.25) is 0 Å². The average Bonchev–Trinajstić information content (AvgIpc) is 3.08. The summed E-state index contributed by atoms with van der Waals surface area (Å²) in [6.45, 7) is 10.1. The third kappa shape index (κ3) is 10.3. The number of anilines is 1. The zero-order valence-corrected chi connectivity index (χ0v) is 32.2. The number of carbonyl (C=O) groups excluding carboxylic acids is 2. The molecule has 1 aromatic heterocycles. The van der Waals surface area contributed by atoms with Crippen LogP contribution in [0.3, 0.4) is 0 Å². The molecule has 0 fully saturated rings. The van der Waals surface area contributed by atoms with Gasteiger partial charge in [-0.1, -0.05) is 19.9 Å². The van der Waals surface area contributed by atoms with Crippen LogP contribution in [-0.2, 0) is 21.4 Å². The third-order valence-electron chi connectivity index (χ3n) is 8.89. The van der Waals surface area contributed by atoms with E-state index in [1.54, 1.807) is 37.7 Å². The number of unbranched alkanes of at least 4 members (excludes halogenated alkanes) is 3. The number of hydrogen-bond acceptors (Lipinski definition) is 6. The summed E-state index contributed by atoms with van der Waals surface area (Å²) in [4.78, 5) is 29.9. The number of aromatic nitrogens is 1. The molecule has 256 valence electrons. The van der Waals surface area contributed by atoms with Gasteiger partial charge in [-0.2, -0.15) is 0 Å². The average molecular weight is 772 g/mol. The molecule has 0 aliphatic heterocycles. The molecule has 0 aliphatic rings. The molecule has 1 heterocycles. The molecule has 9 nitrogen and oxygen atoms in total. The van der Waals surface area contributed by atoms with E-state index in [4.69, 9.17) is 0 Å². The molecule has 3 aromatic rings. The Labute approximate surface area is 285 Å². The predicted octanol–water partition coefficient (Wildman–Crippen LogP) is 7.11. The van der Waals surface area contributed by atoms with E-state index in [-0.39, 0.29) is 17.3 Å². The second-order valence-electron chi connectivity index (χ2n) is 12.7. The summed E-state index contributed by atoms with van der Waals surface area (Å²) in [7, 11) is -4.23. The molecule has 0 saturated carbocycles. The molecule has 0 unspecified atom stereocenters. The van der Waals surface area contributed by atoms with Gasteiger partial charge in [0.15, 0.2) is 0 Å². The molecule has 3 N–H and O–H groups in total. The molecule has 0 spiro atoms. The van der Waals surface area contributed by atoms with Crippen molar-refractivity contribution in [3.8, 4) is 0 Å². The normalized spacial score (nSPS) is 12.7. The van der Waals surface area contributed by atoms with E-state index in [2.05, 4.69) is 43.2 Å². The van der Waals surface area contributed by atoms with E-state index in [1.165, 1.54) is 85.9 Å². The van der Waals surface area contributed by atoms with Crippen molar-refractivity contribution in [2.45, 2.75) is 104 Å². The van der Waals surface area contributed by atoms with E-state index < -0.39 is 46.3 Å². The van der Waals surface area contributed by atoms with Crippen molar-refractivity contribution in [2.75, 3.05) is 5.32 Å². The van der Waals surface area contributed by atoms with Crippen molar-refractivity contribution >= 4 is 49.5 Å². The number of pyridine rings is 1.